The van der Waals surface area contributed by atoms with Crippen LogP contribution in [0.2, 0.25) is 5.02 Å². The molecule has 3 aromatic rings. The Labute approximate surface area is 193 Å². The monoisotopic (exact) mass is 468 g/mol. The van der Waals surface area contributed by atoms with E-state index in [2.05, 4.69) is 9.94 Å². The molecule has 2 N–H and O–H groups in total. The summed E-state index contributed by atoms with van der Waals surface area (Å²) in [7, 11) is 0. The maximum Gasteiger partial charge on any atom is 0.339 e. The first kappa shape index (κ1) is 22.5. The summed E-state index contributed by atoms with van der Waals surface area (Å²) < 4.78 is 15.1. The number of amides is 1. The Balaban J connectivity index is 1.68. The fraction of sp³-hybridized carbons (Fsp3) is 0.217. The number of carboxylic acids is 1. The van der Waals surface area contributed by atoms with Crippen LogP contribution in [0.1, 0.15) is 21.6 Å². The summed E-state index contributed by atoms with van der Waals surface area (Å²) in [4.78, 5) is 29.9. The zero-order valence-electron chi connectivity index (χ0n) is 17.2. The topological polar surface area (TPSA) is 100 Å². The summed E-state index contributed by atoms with van der Waals surface area (Å²) in [5, 5.41) is 24.0. The lowest BCUT2D eigenvalue weighted by atomic mass is 10.0. The fourth-order valence-electron chi connectivity index (χ4n) is 3.88. The number of carbonyl (C=O) groups is 2. The van der Waals surface area contributed by atoms with Crippen molar-refractivity contribution in [2.45, 2.75) is 25.6 Å². The van der Waals surface area contributed by atoms with E-state index in [1.54, 1.807) is 24.3 Å². The van der Waals surface area contributed by atoms with Crippen molar-refractivity contribution >= 4 is 29.2 Å². The highest BCUT2D eigenvalue weighted by Gasteiger charge is 2.35. The number of hydrogen-bond donors (Lipinski definition) is 2. The second-order valence-electron chi connectivity index (χ2n) is 7.60. The van der Waals surface area contributed by atoms with E-state index in [1.807, 2.05) is 0 Å². The average molecular weight is 469 g/mol. The van der Waals surface area contributed by atoms with Crippen molar-refractivity contribution in [3.8, 4) is 11.3 Å². The summed E-state index contributed by atoms with van der Waals surface area (Å²) in [5.41, 5.74) is 1.80. The largest absolute Gasteiger partial charge is 0.478 e. The number of carbonyl (C=O) groups excluding carboxylic acids is 1. The maximum absolute atomic E-state index is 13.6. The van der Waals surface area contributed by atoms with E-state index in [4.69, 9.17) is 18.2 Å². The number of aromatic nitrogens is 2. The third-order valence-electron chi connectivity index (χ3n) is 5.56. The number of aromatic carboxylic acids is 1. The predicted molar refractivity (Wildman–Crippen MR) is 117 cm³/mol. The normalized spacial score (nSPS) is 15.1. The Morgan fingerprint density at radius 2 is 1.97 bits per heavy atom. The molecule has 0 fully saturated rings. The van der Waals surface area contributed by atoms with Gasteiger partial charge in [0.2, 0.25) is 5.91 Å². The van der Waals surface area contributed by atoms with Gasteiger partial charge in [-0.3, -0.25) is 9.48 Å². The van der Waals surface area contributed by atoms with Crippen molar-refractivity contribution in [3.05, 3.63) is 81.5 Å². The first-order valence-corrected chi connectivity index (χ1v) is 10.3. The highest BCUT2D eigenvalue weighted by molar-refractivity contribution is 6.31. The highest BCUT2D eigenvalue weighted by atomic mass is 35.5. The number of nitrogens with zero attached hydrogens (tertiary/aromatic N) is 4. The highest BCUT2D eigenvalue weighted by Crippen LogP contribution is 2.32. The van der Waals surface area contributed by atoms with Gasteiger partial charge in [0.25, 0.3) is 0 Å². The van der Waals surface area contributed by atoms with Gasteiger partial charge in [-0.25, -0.2) is 14.0 Å². The van der Waals surface area contributed by atoms with Crippen LogP contribution in [0.3, 0.4) is 0 Å². The molecule has 1 unspecified atom stereocenters. The summed E-state index contributed by atoms with van der Waals surface area (Å²) in [6, 6.07) is 9.84. The van der Waals surface area contributed by atoms with Gasteiger partial charge >= 0.3 is 5.97 Å². The Morgan fingerprint density at radius 3 is 2.58 bits per heavy atom. The van der Waals surface area contributed by atoms with Gasteiger partial charge in [-0.1, -0.05) is 35.9 Å². The van der Waals surface area contributed by atoms with Gasteiger partial charge in [-0.2, -0.15) is 5.10 Å². The maximum atomic E-state index is 13.6. The van der Waals surface area contributed by atoms with Crippen molar-refractivity contribution < 1.29 is 24.2 Å². The summed E-state index contributed by atoms with van der Waals surface area (Å²) >= 11 is 5.87. The van der Waals surface area contributed by atoms with Crippen molar-refractivity contribution in [3.63, 3.8) is 0 Å². The Bertz CT molecular complexity index is 1280. The van der Waals surface area contributed by atoms with Gasteiger partial charge in [0, 0.05) is 5.56 Å². The third kappa shape index (κ3) is 4.31. The number of carboxylic acid groups (broad SMARTS) is 1. The zero-order chi connectivity index (χ0) is 23.7. The zero-order valence-corrected chi connectivity index (χ0v) is 18.0. The smallest absolute Gasteiger partial charge is 0.339 e. The SMILES string of the molecule is [C-]#[N+]c1ccc(CC(=O)N2Cc3c(C(=O)O)c(-c4ccc(F)c(Cl)c4)nn3CC2CO)cc1. The molecule has 1 aromatic heterocycles. The second kappa shape index (κ2) is 9.02. The minimum Gasteiger partial charge on any atom is -0.478 e. The molecule has 0 bridgehead atoms. The van der Waals surface area contributed by atoms with Gasteiger partial charge in [0.05, 0.1) is 49.4 Å². The lowest BCUT2D eigenvalue weighted by Gasteiger charge is -2.35. The van der Waals surface area contributed by atoms with Crippen LogP contribution < -0.4 is 0 Å². The molecule has 2 heterocycles. The van der Waals surface area contributed by atoms with Crippen LogP contribution in [0.25, 0.3) is 16.1 Å². The van der Waals surface area contributed by atoms with Crippen LogP contribution in [0.15, 0.2) is 42.5 Å². The molecule has 0 saturated heterocycles. The lowest BCUT2D eigenvalue weighted by Crippen LogP contribution is -2.49. The minimum atomic E-state index is -1.24. The molecule has 4 rings (SSSR count). The Hall–Kier alpha value is -3.74. The average Bonchev–Trinajstić information content (AvgIpc) is 3.19. The van der Waals surface area contributed by atoms with Gasteiger partial charge in [0.1, 0.15) is 17.1 Å². The first-order valence-electron chi connectivity index (χ1n) is 9.97. The second-order valence-corrected chi connectivity index (χ2v) is 8.01. The Morgan fingerprint density at radius 1 is 1.24 bits per heavy atom. The minimum absolute atomic E-state index is 0.0335. The number of halogens is 2. The van der Waals surface area contributed by atoms with E-state index in [0.29, 0.717) is 22.5 Å². The molecular weight excluding hydrogens is 451 g/mol. The standard InChI is InChI=1S/C23H18ClFN4O4/c1-26-15-5-2-13(3-6-15)8-20(31)28-11-19-21(23(32)33)22(27-29(19)10-16(28)12-30)14-4-7-18(25)17(24)9-14/h2-7,9,16,30H,8,10-12H2,(H,32,33). The molecule has 0 saturated carbocycles. The fourth-order valence-corrected chi connectivity index (χ4v) is 4.06. The molecule has 10 heteroatoms. The quantitative estimate of drug-likeness (QED) is 0.558. The number of aliphatic hydroxyl groups excluding tert-OH is 1. The van der Waals surface area contributed by atoms with Crippen molar-refractivity contribution in [1.82, 2.24) is 14.7 Å². The number of fused-ring (bicyclic) bond motifs is 1. The van der Waals surface area contributed by atoms with Crippen molar-refractivity contribution in [2.75, 3.05) is 6.61 Å². The molecule has 0 aliphatic carbocycles. The van der Waals surface area contributed by atoms with Crippen LogP contribution in [0, 0.1) is 12.4 Å². The van der Waals surface area contributed by atoms with E-state index >= 15 is 0 Å². The number of aliphatic hydroxyl groups is 1. The van der Waals surface area contributed by atoms with Crippen LogP contribution in [-0.2, 0) is 24.3 Å². The summed E-state index contributed by atoms with van der Waals surface area (Å²) in [5.74, 6) is -2.17. The first-order chi connectivity index (χ1) is 15.8. The van der Waals surface area contributed by atoms with Gasteiger partial charge in [-0.15, -0.1) is 0 Å². The Kier molecular flexibility index (Phi) is 6.14. The molecule has 33 heavy (non-hydrogen) atoms. The van der Waals surface area contributed by atoms with Crippen LogP contribution >= 0.6 is 11.6 Å². The molecule has 0 spiro atoms. The molecule has 2 aromatic carbocycles. The van der Waals surface area contributed by atoms with Crippen LogP contribution in [0.4, 0.5) is 10.1 Å². The molecule has 1 atom stereocenters. The van der Waals surface area contributed by atoms with E-state index in [-0.39, 0.29) is 48.3 Å². The van der Waals surface area contributed by atoms with Crippen LogP contribution in [0.5, 0.6) is 0 Å². The molecule has 1 aliphatic heterocycles. The van der Waals surface area contributed by atoms with Crippen molar-refractivity contribution in [2.24, 2.45) is 0 Å². The molecule has 1 aliphatic rings. The molecule has 0 radical (unpaired) electrons. The molecule has 168 valence electrons. The molecule has 1 amide bonds. The lowest BCUT2D eigenvalue weighted by molar-refractivity contribution is -0.136. The molecular formula is C23H18ClFN4O4. The number of hydrogen-bond acceptors (Lipinski definition) is 4. The van der Waals surface area contributed by atoms with Crippen molar-refractivity contribution in [1.29, 1.82) is 0 Å². The van der Waals surface area contributed by atoms with Gasteiger partial charge in [0.15, 0.2) is 5.69 Å². The van der Waals surface area contributed by atoms with E-state index < -0.39 is 17.8 Å². The van der Waals surface area contributed by atoms with E-state index in [1.165, 1.54) is 21.7 Å². The van der Waals surface area contributed by atoms with E-state index in [9.17, 15) is 24.2 Å². The number of benzene rings is 2. The van der Waals surface area contributed by atoms with E-state index in [0.717, 1.165) is 6.07 Å². The van der Waals surface area contributed by atoms with Crippen LogP contribution in [-0.4, -0.2) is 49.4 Å². The van der Waals surface area contributed by atoms with Gasteiger partial charge in [-0.05, 0) is 23.8 Å². The summed E-state index contributed by atoms with van der Waals surface area (Å²) in [6.07, 6.45) is 0.0335. The third-order valence-corrected chi connectivity index (χ3v) is 5.85. The molecule has 8 nitrogen and oxygen atoms in total. The van der Waals surface area contributed by atoms with Gasteiger partial charge < -0.3 is 15.1 Å². The number of rotatable bonds is 5. The predicted octanol–water partition coefficient (Wildman–Crippen LogP) is 3.54. The summed E-state index contributed by atoms with van der Waals surface area (Å²) in [6.45, 7) is 6.73.